The molecule has 2 atom stereocenters. The van der Waals surface area contributed by atoms with Crippen molar-refractivity contribution in [3.63, 3.8) is 0 Å². The number of benzene rings is 2. The maximum atomic E-state index is 13.0. The molecule has 0 amide bonds. The highest BCUT2D eigenvalue weighted by Crippen LogP contribution is 2.40. The Bertz CT molecular complexity index is 779. The van der Waals surface area contributed by atoms with E-state index >= 15 is 0 Å². The summed E-state index contributed by atoms with van der Waals surface area (Å²) in [7, 11) is 0. The minimum absolute atomic E-state index is 0.176. The van der Waals surface area contributed by atoms with Crippen LogP contribution in [0.25, 0.3) is 5.57 Å². The van der Waals surface area contributed by atoms with Gasteiger partial charge in [-0.1, -0.05) is 66.7 Å². The summed E-state index contributed by atoms with van der Waals surface area (Å²) in [5.74, 6) is 0.504. The molecule has 2 aromatic carbocycles. The quantitative estimate of drug-likeness (QED) is 0.681. The zero-order valence-corrected chi connectivity index (χ0v) is 15.5. The topological polar surface area (TPSA) is 20.3 Å². The van der Waals surface area contributed by atoms with E-state index in [2.05, 4.69) is 41.8 Å². The number of fused-ring (bicyclic) bond motifs is 2. The minimum atomic E-state index is 0.176. The maximum absolute atomic E-state index is 13.0. The first-order valence-electron chi connectivity index (χ1n) is 9.71. The summed E-state index contributed by atoms with van der Waals surface area (Å²) in [6, 6.07) is 19.8. The lowest BCUT2D eigenvalue weighted by atomic mass is 9.84. The molecular weight excluding hydrogens is 318 g/mol. The summed E-state index contributed by atoms with van der Waals surface area (Å²) in [5, 5.41) is 0. The fraction of sp³-hybridized carbons (Fsp3) is 0.375. The third-order valence-electron chi connectivity index (χ3n) is 6.13. The Hall–Kier alpha value is -2.19. The Labute approximate surface area is 156 Å². The van der Waals surface area contributed by atoms with E-state index in [1.807, 2.05) is 31.2 Å². The van der Waals surface area contributed by atoms with Gasteiger partial charge in [-0.15, -0.1) is 0 Å². The Balaban J connectivity index is 1.44. The van der Waals surface area contributed by atoms with E-state index in [-0.39, 0.29) is 5.92 Å². The lowest BCUT2D eigenvalue weighted by Gasteiger charge is -2.38. The molecule has 2 nitrogen and oxygen atoms in total. The second kappa shape index (κ2) is 7.20. The van der Waals surface area contributed by atoms with Gasteiger partial charge < -0.3 is 0 Å². The maximum Gasteiger partial charge on any atom is 0.166 e. The van der Waals surface area contributed by atoms with Crippen molar-refractivity contribution in [3.05, 3.63) is 77.9 Å². The van der Waals surface area contributed by atoms with Crippen LogP contribution in [-0.4, -0.2) is 22.8 Å². The first-order chi connectivity index (χ1) is 12.6. The molecule has 2 heterocycles. The summed E-state index contributed by atoms with van der Waals surface area (Å²) in [4.78, 5) is 15.7. The first kappa shape index (κ1) is 17.2. The molecule has 4 rings (SSSR count). The van der Waals surface area contributed by atoms with Crippen LogP contribution in [0.3, 0.4) is 0 Å². The zero-order chi connectivity index (χ0) is 18.1. The van der Waals surface area contributed by atoms with Crippen molar-refractivity contribution in [1.82, 2.24) is 4.90 Å². The van der Waals surface area contributed by atoms with Gasteiger partial charge in [0.2, 0.25) is 0 Å². The molecule has 0 spiro atoms. The lowest BCUT2D eigenvalue weighted by Crippen LogP contribution is -2.44. The minimum Gasteiger partial charge on any atom is -0.294 e. The number of nitrogens with zero attached hydrogens (tertiary/aromatic N) is 1. The van der Waals surface area contributed by atoms with Gasteiger partial charge in [-0.25, -0.2) is 0 Å². The molecule has 0 saturated carbocycles. The summed E-state index contributed by atoms with van der Waals surface area (Å²) in [6.07, 6.45) is 4.47. The van der Waals surface area contributed by atoms with Crippen LogP contribution in [0, 0.1) is 5.92 Å². The largest absolute Gasteiger partial charge is 0.294 e. The fourth-order valence-corrected chi connectivity index (χ4v) is 4.70. The van der Waals surface area contributed by atoms with Crippen LogP contribution >= 0.6 is 0 Å². The highest BCUT2D eigenvalue weighted by molar-refractivity contribution is 5.98. The van der Waals surface area contributed by atoms with Crippen molar-refractivity contribution in [2.75, 3.05) is 0 Å². The zero-order valence-electron chi connectivity index (χ0n) is 15.5. The SMILES string of the molecule is C=C(C)c1ccc(C(=O)C2CC3CCC(C2)N3Cc2ccccc2)cc1. The monoisotopic (exact) mass is 345 g/mol. The molecule has 2 aliphatic heterocycles. The van der Waals surface area contributed by atoms with E-state index in [0.717, 1.165) is 36.1 Å². The van der Waals surface area contributed by atoms with Crippen molar-refractivity contribution in [3.8, 4) is 0 Å². The number of carbonyl (C=O) groups excluding carboxylic acids is 1. The van der Waals surface area contributed by atoms with E-state index < -0.39 is 0 Å². The van der Waals surface area contributed by atoms with Gasteiger partial charge in [0.05, 0.1) is 0 Å². The number of piperidine rings is 1. The molecule has 2 aromatic rings. The normalized spacial score (nSPS) is 25.2. The molecule has 2 unspecified atom stereocenters. The van der Waals surface area contributed by atoms with Crippen LogP contribution < -0.4 is 0 Å². The van der Waals surface area contributed by atoms with Gasteiger partial charge >= 0.3 is 0 Å². The predicted molar refractivity (Wildman–Crippen MR) is 107 cm³/mol. The third kappa shape index (κ3) is 3.39. The Kier molecular flexibility index (Phi) is 4.78. The van der Waals surface area contributed by atoms with Gasteiger partial charge in [-0.05, 0) is 43.7 Å². The average Bonchev–Trinajstić information content (AvgIpc) is 2.90. The standard InChI is InChI=1S/C24H27NO/c1-17(2)19-8-10-20(11-9-19)24(26)21-14-22-12-13-23(15-21)25(22)16-18-6-4-3-5-7-18/h3-11,21-23H,1,12-16H2,2H3. The van der Waals surface area contributed by atoms with Gasteiger partial charge in [0, 0.05) is 30.1 Å². The molecule has 2 aliphatic rings. The molecule has 0 aromatic heterocycles. The lowest BCUT2D eigenvalue weighted by molar-refractivity contribution is 0.0678. The first-order valence-corrected chi connectivity index (χ1v) is 9.71. The van der Waals surface area contributed by atoms with E-state index in [4.69, 9.17) is 0 Å². The van der Waals surface area contributed by atoms with E-state index in [1.165, 1.54) is 18.4 Å². The Morgan fingerprint density at radius 3 is 2.12 bits per heavy atom. The van der Waals surface area contributed by atoms with Crippen LogP contribution in [0.5, 0.6) is 0 Å². The number of allylic oxidation sites excluding steroid dienone is 1. The van der Waals surface area contributed by atoms with Crippen LogP contribution in [0.4, 0.5) is 0 Å². The fourth-order valence-electron chi connectivity index (χ4n) is 4.70. The molecule has 2 fully saturated rings. The van der Waals surface area contributed by atoms with Gasteiger partial charge in [0.15, 0.2) is 5.78 Å². The molecule has 2 bridgehead atoms. The van der Waals surface area contributed by atoms with Crippen molar-refractivity contribution < 1.29 is 4.79 Å². The summed E-state index contributed by atoms with van der Waals surface area (Å²) in [5.41, 5.74) is 4.39. The second-order valence-electron chi connectivity index (χ2n) is 7.93. The van der Waals surface area contributed by atoms with Crippen LogP contribution in [0.2, 0.25) is 0 Å². The molecule has 134 valence electrons. The molecule has 0 N–H and O–H groups in total. The van der Waals surface area contributed by atoms with E-state index in [0.29, 0.717) is 17.9 Å². The molecule has 2 heteroatoms. The van der Waals surface area contributed by atoms with Gasteiger partial charge in [0.25, 0.3) is 0 Å². The third-order valence-corrected chi connectivity index (χ3v) is 6.13. The molecule has 26 heavy (non-hydrogen) atoms. The van der Waals surface area contributed by atoms with E-state index in [9.17, 15) is 4.79 Å². The smallest absolute Gasteiger partial charge is 0.166 e. The molecule has 2 saturated heterocycles. The van der Waals surface area contributed by atoms with Crippen molar-refractivity contribution in [2.24, 2.45) is 5.92 Å². The number of rotatable bonds is 5. The molecule has 0 aliphatic carbocycles. The van der Waals surface area contributed by atoms with Gasteiger partial charge in [0.1, 0.15) is 0 Å². The van der Waals surface area contributed by atoms with Crippen molar-refractivity contribution in [2.45, 2.75) is 51.2 Å². The number of ketones is 1. The van der Waals surface area contributed by atoms with Crippen molar-refractivity contribution in [1.29, 1.82) is 0 Å². The summed E-state index contributed by atoms with van der Waals surface area (Å²) < 4.78 is 0. The van der Waals surface area contributed by atoms with Crippen LogP contribution in [0.1, 0.15) is 54.1 Å². The molecule has 0 radical (unpaired) electrons. The highest BCUT2D eigenvalue weighted by atomic mass is 16.1. The second-order valence-corrected chi connectivity index (χ2v) is 7.93. The number of hydrogen-bond donors (Lipinski definition) is 0. The van der Waals surface area contributed by atoms with Crippen molar-refractivity contribution >= 4 is 11.4 Å². The molecular formula is C24H27NO. The number of carbonyl (C=O) groups is 1. The van der Waals surface area contributed by atoms with Gasteiger partial charge in [-0.3, -0.25) is 9.69 Å². The van der Waals surface area contributed by atoms with Gasteiger partial charge in [-0.2, -0.15) is 0 Å². The van der Waals surface area contributed by atoms with E-state index in [1.54, 1.807) is 0 Å². The average molecular weight is 345 g/mol. The summed E-state index contributed by atoms with van der Waals surface area (Å²) >= 11 is 0. The van der Waals surface area contributed by atoms with Crippen LogP contribution in [-0.2, 0) is 6.54 Å². The number of Topliss-reactive ketones (excluding diaryl/α,β-unsaturated/α-hetero) is 1. The van der Waals surface area contributed by atoms with Crippen LogP contribution in [0.15, 0.2) is 61.2 Å². The number of hydrogen-bond acceptors (Lipinski definition) is 2. The Morgan fingerprint density at radius 2 is 1.54 bits per heavy atom. The summed E-state index contributed by atoms with van der Waals surface area (Å²) in [6.45, 7) is 6.99. The highest BCUT2D eigenvalue weighted by Gasteiger charge is 2.42. The Morgan fingerprint density at radius 1 is 0.962 bits per heavy atom. The predicted octanol–water partition coefficient (Wildman–Crippen LogP) is 5.35.